The van der Waals surface area contributed by atoms with E-state index in [0.29, 0.717) is 19.5 Å². The Hall–Kier alpha value is -1.14. The van der Waals surface area contributed by atoms with Gasteiger partial charge in [0.2, 0.25) is 5.91 Å². The zero-order valence-corrected chi connectivity index (χ0v) is 9.39. The molecule has 1 aliphatic rings. The van der Waals surface area contributed by atoms with Crippen LogP contribution in [0.2, 0.25) is 0 Å². The first kappa shape index (κ1) is 12.9. The number of carbonyl (C=O) groups is 2. The summed E-state index contributed by atoms with van der Waals surface area (Å²) < 4.78 is 5.04. The monoisotopic (exact) mass is 230 g/mol. The number of aliphatic carboxylic acids is 1. The van der Waals surface area contributed by atoms with Crippen LogP contribution in [0.5, 0.6) is 0 Å². The van der Waals surface area contributed by atoms with Gasteiger partial charge in [-0.1, -0.05) is 6.92 Å². The van der Waals surface area contributed by atoms with Crippen molar-refractivity contribution in [1.82, 2.24) is 4.90 Å². The van der Waals surface area contributed by atoms with E-state index < -0.39 is 12.1 Å². The Morgan fingerprint density at radius 3 is 2.88 bits per heavy atom. The van der Waals surface area contributed by atoms with Gasteiger partial charge in [-0.25, -0.2) is 4.79 Å². The molecule has 1 heterocycles. The number of rotatable bonds is 4. The lowest BCUT2D eigenvalue weighted by atomic mass is 10.1. The van der Waals surface area contributed by atoms with E-state index in [1.807, 2.05) is 0 Å². The van der Waals surface area contributed by atoms with Gasteiger partial charge >= 0.3 is 5.97 Å². The van der Waals surface area contributed by atoms with Crippen LogP contribution in [-0.4, -0.2) is 54.2 Å². The summed E-state index contributed by atoms with van der Waals surface area (Å²) in [4.78, 5) is 24.2. The Kier molecular flexibility index (Phi) is 4.70. The predicted octanol–water partition coefficient (Wildman–Crippen LogP) is -0.717. The SMILES string of the molecule is CC(CCN)C(=O)N1CCOC(C(=O)O)C1. The predicted molar refractivity (Wildman–Crippen MR) is 56.8 cm³/mol. The van der Waals surface area contributed by atoms with Crippen molar-refractivity contribution in [1.29, 1.82) is 0 Å². The van der Waals surface area contributed by atoms with Gasteiger partial charge in [-0.2, -0.15) is 0 Å². The number of morpholine rings is 1. The molecule has 2 unspecified atom stereocenters. The average molecular weight is 230 g/mol. The molecule has 6 nitrogen and oxygen atoms in total. The third kappa shape index (κ3) is 3.18. The number of ether oxygens (including phenoxy) is 1. The van der Waals surface area contributed by atoms with Crippen LogP contribution in [0.1, 0.15) is 13.3 Å². The van der Waals surface area contributed by atoms with Gasteiger partial charge in [-0.05, 0) is 13.0 Å². The van der Waals surface area contributed by atoms with Crippen LogP contribution in [0.25, 0.3) is 0 Å². The molecule has 3 N–H and O–H groups in total. The number of nitrogens with two attached hydrogens (primary N) is 1. The fourth-order valence-corrected chi connectivity index (χ4v) is 1.68. The van der Waals surface area contributed by atoms with E-state index in [9.17, 15) is 9.59 Å². The number of carboxylic acids is 1. The summed E-state index contributed by atoms with van der Waals surface area (Å²) in [6.45, 7) is 3.12. The molecule has 6 heteroatoms. The first-order chi connectivity index (χ1) is 7.56. The molecule has 0 spiro atoms. The number of hydrogen-bond acceptors (Lipinski definition) is 4. The maximum atomic E-state index is 11.9. The summed E-state index contributed by atoms with van der Waals surface area (Å²) >= 11 is 0. The highest BCUT2D eigenvalue weighted by Gasteiger charge is 2.30. The van der Waals surface area contributed by atoms with Gasteiger partial charge in [0.05, 0.1) is 13.2 Å². The van der Waals surface area contributed by atoms with Crippen molar-refractivity contribution in [3.63, 3.8) is 0 Å². The average Bonchev–Trinajstić information content (AvgIpc) is 2.28. The molecular weight excluding hydrogens is 212 g/mol. The molecule has 0 aromatic rings. The third-order valence-corrected chi connectivity index (χ3v) is 2.67. The number of amides is 1. The van der Waals surface area contributed by atoms with Crippen LogP contribution >= 0.6 is 0 Å². The van der Waals surface area contributed by atoms with Gasteiger partial charge in [0.1, 0.15) is 0 Å². The molecule has 1 rings (SSSR count). The normalized spacial score (nSPS) is 22.9. The highest BCUT2D eigenvalue weighted by Crippen LogP contribution is 2.11. The largest absolute Gasteiger partial charge is 0.479 e. The van der Waals surface area contributed by atoms with Crippen molar-refractivity contribution < 1.29 is 19.4 Å². The maximum absolute atomic E-state index is 11.9. The number of carbonyl (C=O) groups excluding carboxylic acids is 1. The standard InChI is InChI=1S/C10H18N2O4/c1-7(2-3-11)9(13)12-4-5-16-8(6-12)10(14)15/h7-8H,2-6,11H2,1H3,(H,14,15). The van der Waals surface area contributed by atoms with Crippen molar-refractivity contribution in [2.24, 2.45) is 11.7 Å². The molecule has 0 aromatic carbocycles. The maximum Gasteiger partial charge on any atom is 0.334 e. The van der Waals surface area contributed by atoms with Crippen LogP contribution in [0.4, 0.5) is 0 Å². The lowest BCUT2D eigenvalue weighted by Gasteiger charge is -2.32. The summed E-state index contributed by atoms with van der Waals surface area (Å²) in [7, 11) is 0. The number of hydrogen-bond donors (Lipinski definition) is 2. The lowest BCUT2D eigenvalue weighted by Crippen LogP contribution is -2.50. The minimum Gasteiger partial charge on any atom is -0.479 e. The zero-order chi connectivity index (χ0) is 12.1. The second-order valence-electron chi connectivity index (χ2n) is 3.96. The van der Waals surface area contributed by atoms with Gasteiger partial charge in [0.15, 0.2) is 6.10 Å². The summed E-state index contributed by atoms with van der Waals surface area (Å²) in [5.41, 5.74) is 5.38. The van der Waals surface area contributed by atoms with Crippen LogP contribution < -0.4 is 5.73 Å². The molecule has 0 bridgehead atoms. The van der Waals surface area contributed by atoms with E-state index in [-0.39, 0.29) is 25.0 Å². The molecular formula is C10H18N2O4. The van der Waals surface area contributed by atoms with Gasteiger partial charge in [0.25, 0.3) is 0 Å². The van der Waals surface area contributed by atoms with E-state index in [1.54, 1.807) is 11.8 Å². The fraction of sp³-hybridized carbons (Fsp3) is 0.800. The topological polar surface area (TPSA) is 92.9 Å². The summed E-state index contributed by atoms with van der Waals surface area (Å²) in [5.74, 6) is -1.22. The molecule has 92 valence electrons. The van der Waals surface area contributed by atoms with Gasteiger partial charge in [-0.3, -0.25) is 4.79 Å². The van der Waals surface area contributed by atoms with E-state index in [4.69, 9.17) is 15.6 Å². The number of nitrogens with zero attached hydrogens (tertiary/aromatic N) is 1. The van der Waals surface area contributed by atoms with Gasteiger partial charge in [0, 0.05) is 12.5 Å². The minimum atomic E-state index is -1.02. The number of carboxylic acid groups (broad SMARTS) is 1. The first-order valence-electron chi connectivity index (χ1n) is 5.39. The lowest BCUT2D eigenvalue weighted by molar-refractivity contribution is -0.160. The fourth-order valence-electron chi connectivity index (χ4n) is 1.68. The van der Waals surface area contributed by atoms with Crippen LogP contribution in [-0.2, 0) is 14.3 Å². The van der Waals surface area contributed by atoms with Crippen molar-refractivity contribution >= 4 is 11.9 Å². The summed E-state index contributed by atoms with van der Waals surface area (Å²) in [6, 6.07) is 0. The Labute approximate surface area is 94.3 Å². The molecule has 0 aromatic heterocycles. The molecule has 0 saturated carbocycles. The zero-order valence-electron chi connectivity index (χ0n) is 9.39. The van der Waals surface area contributed by atoms with E-state index >= 15 is 0 Å². The molecule has 1 fully saturated rings. The Morgan fingerprint density at radius 1 is 1.62 bits per heavy atom. The highest BCUT2D eigenvalue weighted by atomic mass is 16.5. The Balaban J connectivity index is 2.53. The molecule has 1 aliphatic heterocycles. The quantitative estimate of drug-likeness (QED) is 0.665. The van der Waals surface area contributed by atoms with Crippen molar-refractivity contribution in [3.05, 3.63) is 0 Å². The third-order valence-electron chi connectivity index (χ3n) is 2.67. The molecule has 0 aliphatic carbocycles. The molecule has 0 radical (unpaired) electrons. The summed E-state index contributed by atoms with van der Waals surface area (Å²) in [5, 5.41) is 8.80. The second-order valence-corrected chi connectivity index (χ2v) is 3.96. The Morgan fingerprint density at radius 2 is 2.31 bits per heavy atom. The highest BCUT2D eigenvalue weighted by molar-refractivity contribution is 5.80. The van der Waals surface area contributed by atoms with Crippen molar-refractivity contribution in [2.75, 3.05) is 26.2 Å². The first-order valence-corrected chi connectivity index (χ1v) is 5.39. The second kappa shape index (κ2) is 5.81. The van der Waals surface area contributed by atoms with E-state index in [2.05, 4.69) is 0 Å². The van der Waals surface area contributed by atoms with Crippen molar-refractivity contribution in [3.8, 4) is 0 Å². The van der Waals surface area contributed by atoms with E-state index in [1.165, 1.54) is 0 Å². The van der Waals surface area contributed by atoms with Crippen LogP contribution in [0.15, 0.2) is 0 Å². The summed E-state index contributed by atoms with van der Waals surface area (Å²) in [6.07, 6.45) is -0.281. The van der Waals surface area contributed by atoms with Gasteiger partial charge < -0.3 is 20.5 Å². The molecule has 1 amide bonds. The van der Waals surface area contributed by atoms with E-state index in [0.717, 1.165) is 0 Å². The molecule has 1 saturated heterocycles. The van der Waals surface area contributed by atoms with Crippen LogP contribution in [0, 0.1) is 5.92 Å². The minimum absolute atomic E-state index is 0.0417. The van der Waals surface area contributed by atoms with Gasteiger partial charge in [-0.15, -0.1) is 0 Å². The smallest absolute Gasteiger partial charge is 0.334 e. The van der Waals surface area contributed by atoms with Crippen LogP contribution in [0.3, 0.4) is 0 Å². The Bertz CT molecular complexity index is 270. The van der Waals surface area contributed by atoms with Crippen molar-refractivity contribution in [2.45, 2.75) is 19.4 Å². The molecule has 16 heavy (non-hydrogen) atoms. The molecule has 2 atom stereocenters.